The Labute approximate surface area is 116 Å². The van der Waals surface area contributed by atoms with Crippen molar-refractivity contribution in [2.75, 3.05) is 13.6 Å². The maximum Gasteiger partial charge on any atom is 0.0631 e. The number of nitrogens with zero attached hydrogens (tertiary/aromatic N) is 2. The maximum absolute atomic E-state index is 4.46. The Morgan fingerprint density at radius 2 is 2.22 bits per heavy atom. The number of aryl methyl sites for hydroxylation is 1. The van der Waals surface area contributed by atoms with Crippen molar-refractivity contribution < 1.29 is 0 Å². The van der Waals surface area contributed by atoms with Gasteiger partial charge in [0.25, 0.3) is 0 Å². The first kappa shape index (κ1) is 13.3. The molecule has 1 atom stereocenters. The van der Waals surface area contributed by atoms with Crippen LogP contribution in [0.3, 0.4) is 0 Å². The number of hydrogen-bond donors (Lipinski definition) is 1. The summed E-state index contributed by atoms with van der Waals surface area (Å²) in [6.07, 6.45) is 2.95. The minimum absolute atomic E-state index is 0.447. The van der Waals surface area contributed by atoms with Gasteiger partial charge in [-0.25, -0.2) is 0 Å². The van der Waals surface area contributed by atoms with Gasteiger partial charge in [-0.05, 0) is 37.2 Å². The Morgan fingerprint density at radius 1 is 1.39 bits per heavy atom. The summed E-state index contributed by atoms with van der Waals surface area (Å²) in [5.41, 5.74) is 2.47. The molecule has 0 aliphatic carbocycles. The SMILES string of the molecule is CNCC(Cc1ccn(C)n1)c1cccc(Br)c1. The highest BCUT2D eigenvalue weighted by Gasteiger charge is 2.13. The highest BCUT2D eigenvalue weighted by Crippen LogP contribution is 2.22. The highest BCUT2D eigenvalue weighted by molar-refractivity contribution is 9.10. The molecule has 18 heavy (non-hydrogen) atoms. The molecule has 1 aromatic carbocycles. The molecule has 0 fully saturated rings. The number of halogens is 1. The molecule has 0 saturated heterocycles. The Bertz CT molecular complexity index is 507. The third-order valence-corrected chi connectivity index (χ3v) is 3.49. The normalized spacial score (nSPS) is 12.6. The predicted molar refractivity (Wildman–Crippen MR) is 77.7 cm³/mol. The van der Waals surface area contributed by atoms with E-state index >= 15 is 0 Å². The van der Waals surface area contributed by atoms with Crippen molar-refractivity contribution in [3.63, 3.8) is 0 Å². The molecule has 0 bridgehead atoms. The topological polar surface area (TPSA) is 29.9 Å². The van der Waals surface area contributed by atoms with E-state index in [1.165, 1.54) is 5.56 Å². The zero-order valence-electron chi connectivity index (χ0n) is 10.7. The quantitative estimate of drug-likeness (QED) is 0.920. The Morgan fingerprint density at radius 3 is 2.83 bits per heavy atom. The number of benzene rings is 1. The second kappa shape index (κ2) is 6.16. The van der Waals surface area contributed by atoms with Gasteiger partial charge >= 0.3 is 0 Å². The molecule has 2 aromatic rings. The minimum atomic E-state index is 0.447. The summed E-state index contributed by atoms with van der Waals surface area (Å²) < 4.78 is 2.98. The molecule has 1 unspecified atom stereocenters. The third kappa shape index (κ3) is 3.43. The Hall–Kier alpha value is -1.13. The van der Waals surface area contributed by atoms with Gasteiger partial charge in [-0.3, -0.25) is 4.68 Å². The van der Waals surface area contributed by atoms with Gasteiger partial charge in [-0.2, -0.15) is 5.10 Å². The molecule has 0 spiro atoms. The van der Waals surface area contributed by atoms with Gasteiger partial charge in [0.2, 0.25) is 0 Å². The van der Waals surface area contributed by atoms with Crippen LogP contribution in [0.4, 0.5) is 0 Å². The summed E-state index contributed by atoms with van der Waals surface area (Å²) in [5.74, 6) is 0.447. The fourth-order valence-electron chi connectivity index (χ4n) is 2.14. The maximum atomic E-state index is 4.46. The standard InChI is InChI=1S/C14H18BrN3/c1-16-10-12(9-14-6-7-18(2)17-14)11-4-3-5-13(15)8-11/h3-8,12,16H,9-10H2,1-2H3. The zero-order valence-corrected chi connectivity index (χ0v) is 12.3. The fraction of sp³-hybridized carbons (Fsp3) is 0.357. The van der Waals surface area contributed by atoms with Crippen molar-refractivity contribution in [3.8, 4) is 0 Å². The van der Waals surface area contributed by atoms with E-state index in [1.54, 1.807) is 0 Å². The largest absolute Gasteiger partial charge is 0.319 e. The van der Waals surface area contributed by atoms with Crippen LogP contribution in [0.25, 0.3) is 0 Å². The van der Waals surface area contributed by atoms with E-state index < -0.39 is 0 Å². The number of hydrogen-bond acceptors (Lipinski definition) is 2. The first-order chi connectivity index (χ1) is 8.69. The lowest BCUT2D eigenvalue weighted by Gasteiger charge is -2.16. The van der Waals surface area contributed by atoms with Gasteiger partial charge in [0.1, 0.15) is 0 Å². The van der Waals surface area contributed by atoms with E-state index in [0.29, 0.717) is 5.92 Å². The number of aromatic nitrogens is 2. The number of likely N-dealkylation sites (N-methyl/N-ethyl adjacent to an activating group) is 1. The van der Waals surface area contributed by atoms with E-state index in [-0.39, 0.29) is 0 Å². The van der Waals surface area contributed by atoms with E-state index in [2.05, 4.69) is 56.7 Å². The van der Waals surface area contributed by atoms with Crippen LogP contribution in [0.2, 0.25) is 0 Å². The average molecular weight is 308 g/mol. The molecule has 0 radical (unpaired) electrons. The lowest BCUT2D eigenvalue weighted by Crippen LogP contribution is -2.19. The van der Waals surface area contributed by atoms with Gasteiger partial charge in [0.05, 0.1) is 5.69 Å². The molecule has 1 aromatic heterocycles. The van der Waals surface area contributed by atoms with Crippen LogP contribution >= 0.6 is 15.9 Å². The van der Waals surface area contributed by atoms with Gasteiger partial charge in [-0.15, -0.1) is 0 Å². The average Bonchev–Trinajstić information content (AvgIpc) is 2.74. The third-order valence-electron chi connectivity index (χ3n) is 2.99. The van der Waals surface area contributed by atoms with Gasteiger partial charge in [0, 0.05) is 30.2 Å². The van der Waals surface area contributed by atoms with Crippen LogP contribution < -0.4 is 5.32 Å². The van der Waals surface area contributed by atoms with Crippen molar-refractivity contribution in [1.82, 2.24) is 15.1 Å². The van der Waals surface area contributed by atoms with Crippen molar-refractivity contribution >= 4 is 15.9 Å². The van der Waals surface area contributed by atoms with Crippen LogP contribution in [0, 0.1) is 0 Å². The molecule has 1 heterocycles. The van der Waals surface area contributed by atoms with Crippen LogP contribution in [0.5, 0.6) is 0 Å². The lowest BCUT2D eigenvalue weighted by molar-refractivity contribution is 0.609. The molecule has 96 valence electrons. The monoisotopic (exact) mass is 307 g/mol. The molecule has 0 aliphatic heterocycles. The first-order valence-electron chi connectivity index (χ1n) is 6.07. The second-order valence-corrected chi connectivity index (χ2v) is 5.41. The summed E-state index contributed by atoms with van der Waals surface area (Å²) in [5, 5.41) is 7.72. The summed E-state index contributed by atoms with van der Waals surface area (Å²) in [7, 11) is 3.94. The van der Waals surface area contributed by atoms with E-state index in [0.717, 1.165) is 23.1 Å². The molecule has 0 aliphatic rings. The van der Waals surface area contributed by atoms with E-state index in [9.17, 15) is 0 Å². The van der Waals surface area contributed by atoms with Gasteiger partial charge in [-0.1, -0.05) is 28.1 Å². The van der Waals surface area contributed by atoms with Crippen LogP contribution in [0.1, 0.15) is 17.2 Å². The molecular formula is C14H18BrN3. The van der Waals surface area contributed by atoms with Gasteiger partial charge < -0.3 is 5.32 Å². The summed E-state index contributed by atoms with van der Waals surface area (Å²) in [4.78, 5) is 0. The van der Waals surface area contributed by atoms with Gasteiger partial charge in [0.15, 0.2) is 0 Å². The van der Waals surface area contributed by atoms with Crippen LogP contribution in [-0.2, 0) is 13.5 Å². The molecular weight excluding hydrogens is 290 g/mol. The molecule has 1 N–H and O–H groups in total. The second-order valence-electron chi connectivity index (χ2n) is 4.49. The fourth-order valence-corrected chi connectivity index (χ4v) is 2.56. The van der Waals surface area contributed by atoms with E-state index in [4.69, 9.17) is 0 Å². The Balaban J connectivity index is 2.17. The van der Waals surface area contributed by atoms with Crippen molar-refractivity contribution in [2.45, 2.75) is 12.3 Å². The van der Waals surface area contributed by atoms with Crippen molar-refractivity contribution in [3.05, 3.63) is 52.3 Å². The molecule has 2 rings (SSSR count). The smallest absolute Gasteiger partial charge is 0.0631 e. The van der Waals surface area contributed by atoms with Crippen LogP contribution in [-0.4, -0.2) is 23.4 Å². The minimum Gasteiger partial charge on any atom is -0.319 e. The molecule has 3 nitrogen and oxygen atoms in total. The molecule has 0 saturated carbocycles. The molecule has 4 heteroatoms. The van der Waals surface area contributed by atoms with Crippen LogP contribution in [0.15, 0.2) is 41.0 Å². The molecule has 0 amide bonds. The first-order valence-corrected chi connectivity index (χ1v) is 6.87. The zero-order chi connectivity index (χ0) is 13.0. The van der Waals surface area contributed by atoms with Crippen molar-refractivity contribution in [2.24, 2.45) is 7.05 Å². The predicted octanol–water partition coefficient (Wildman–Crippen LogP) is 2.73. The number of rotatable bonds is 5. The summed E-state index contributed by atoms with van der Waals surface area (Å²) in [6, 6.07) is 10.6. The lowest BCUT2D eigenvalue weighted by atomic mass is 9.94. The van der Waals surface area contributed by atoms with E-state index in [1.807, 2.05) is 25.0 Å². The summed E-state index contributed by atoms with van der Waals surface area (Å²) in [6.45, 7) is 0.951. The highest BCUT2D eigenvalue weighted by atomic mass is 79.9. The summed E-state index contributed by atoms with van der Waals surface area (Å²) >= 11 is 3.53. The van der Waals surface area contributed by atoms with Crippen molar-refractivity contribution in [1.29, 1.82) is 0 Å². The Kier molecular flexibility index (Phi) is 4.55. The number of nitrogens with one attached hydrogen (secondary N) is 1.